The van der Waals surface area contributed by atoms with Gasteiger partial charge in [0.05, 0.1) is 0 Å². The molecule has 0 amide bonds. The molecular weight excluding hydrogens is 276 g/mol. The predicted molar refractivity (Wildman–Crippen MR) is 86.3 cm³/mol. The van der Waals surface area contributed by atoms with Crippen molar-refractivity contribution in [2.75, 3.05) is 0 Å². The second-order valence-corrected chi connectivity index (χ2v) is 5.21. The van der Waals surface area contributed by atoms with Crippen LogP contribution in [-0.2, 0) is 16.1 Å². The summed E-state index contributed by atoms with van der Waals surface area (Å²) in [7, 11) is 0. The van der Waals surface area contributed by atoms with Gasteiger partial charge in [-0.2, -0.15) is 0 Å². The van der Waals surface area contributed by atoms with Gasteiger partial charge in [0.25, 0.3) is 0 Å². The number of carbonyl (C=O) groups is 1. The molecule has 0 bridgehead atoms. The maximum atomic E-state index is 11.4. The van der Waals surface area contributed by atoms with Crippen LogP contribution in [0.3, 0.4) is 0 Å². The van der Waals surface area contributed by atoms with Crippen molar-refractivity contribution in [3.8, 4) is 11.3 Å². The fourth-order valence-electron chi connectivity index (χ4n) is 2.18. The van der Waals surface area contributed by atoms with Crippen molar-refractivity contribution >= 4 is 16.9 Å². The van der Waals surface area contributed by atoms with Crippen molar-refractivity contribution in [3.63, 3.8) is 0 Å². The molecule has 1 heterocycles. The summed E-state index contributed by atoms with van der Waals surface area (Å²) in [6, 6.07) is 17.7. The van der Waals surface area contributed by atoms with Gasteiger partial charge in [-0.25, -0.2) is 4.79 Å². The quantitative estimate of drug-likeness (QED) is 0.516. The molecule has 3 rings (SSSR count). The fraction of sp³-hybridized carbons (Fsp3) is 0.105. The van der Waals surface area contributed by atoms with Crippen LogP contribution >= 0.6 is 0 Å². The molecule has 1 aromatic heterocycles. The molecule has 22 heavy (non-hydrogen) atoms. The third kappa shape index (κ3) is 2.93. The van der Waals surface area contributed by atoms with Gasteiger partial charge >= 0.3 is 5.97 Å². The highest BCUT2D eigenvalue weighted by molar-refractivity contribution is 5.87. The minimum Gasteiger partial charge on any atom is -0.457 e. The largest absolute Gasteiger partial charge is 0.457 e. The molecule has 110 valence electrons. The zero-order chi connectivity index (χ0) is 15.5. The monoisotopic (exact) mass is 292 g/mol. The summed E-state index contributed by atoms with van der Waals surface area (Å²) in [6.07, 6.45) is 0. The van der Waals surface area contributed by atoms with Crippen LogP contribution < -0.4 is 0 Å². The Morgan fingerprint density at radius 3 is 2.64 bits per heavy atom. The Kier molecular flexibility index (Phi) is 3.79. The van der Waals surface area contributed by atoms with Gasteiger partial charge in [-0.05, 0) is 24.6 Å². The summed E-state index contributed by atoms with van der Waals surface area (Å²) in [5.74, 6) is 0.441. The van der Waals surface area contributed by atoms with Crippen LogP contribution in [0.15, 0.2) is 71.2 Å². The lowest BCUT2D eigenvalue weighted by Gasteiger charge is -2.04. The highest BCUT2D eigenvalue weighted by Gasteiger charge is 2.08. The topological polar surface area (TPSA) is 39.4 Å². The van der Waals surface area contributed by atoms with Gasteiger partial charge in [0.2, 0.25) is 0 Å². The fourth-order valence-corrected chi connectivity index (χ4v) is 2.18. The van der Waals surface area contributed by atoms with Gasteiger partial charge in [0, 0.05) is 16.5 Å². The lowest BCUT2D eigenvalue weighted by molar-refractivity contribution is -0.140. The van der Waals surface area contributed by atoms with Crippen LogP contribution in [0.1, 0.15) is 12.5 Å². The number of hydrogen-bond acceptors (Lipinski definition) is 3. The maximum Gasteiger partial charge on any atom is 0.333 e. The molecular formula is C19H16O3. The van der Waals surface area contributed by atoms with E-state index in [1.54, 1.807) is 6.92 Å². The SMILES string of the molecule is C=C(C)C(=O)OCc1ccc2cc(-c3ccccc3)oc2c1. The van der Waals surface area contributed by atoms with E-state index in [0.717, 1.165) is 27.9 Å². The number of carbonyl (C=O) groups excluding carboxylic acids is 1. The van der Waals surface area contributed by atoms with E-state index in [4.69, 9.17) is 9.15 Å². The molecule has 0 fully saturated rings. The second-order valence-electron chi connectivity index (χ2n) is 5.21. The Labute approximate surface area is 128 Å². The first-order valence-corrected chi connectivity index (χ1v) is 7.04. The normalized spacial score (nSPS) is 10.6. The number of rotatable bonds is 4. The summed E-state index contributed by atoms with van der Waals surface area (Å²) in [6.45, 7) is 5.40. The summed E-state index contributed by atoms with van der Waals surface area (Å²) in [5, 5.41) is 1.02. The number of esters is 1. The summed E-state index contributed by atoms with van der Waals surface area (Å²) >= 11 is 0. The van der Waals surface area contributed by atoms with Crippen molar-refractivity contribution in [2.45, 2.75) is 13.5 Å². The molecule has 0 aliphatic heterocycles. The van der Waals surface area contributed by atoms with Crippen molar-refractivity contribution in [1.29, 1.82) is 0 Å². The van der Waals surface area contributed by atoms with Gasteiger partial charge < -0.3 is 9.15 Å². The van der Waals surface area contributed by atoms with E-state index in [9.17, 15) is 4.79 Å². The Balaban J connectivity index is 1.84. The third-order valence-electron chi connectivity index (χ3n) is 3.36. The highest BCUT2D eigenvalue weighted by atomic mass is 16.5. The molecule has 0 saturated heterocycles. The van der Waals surface area contributed by atoms with Crippen LogP contribution in [0.5, 0.6) is 0 Å². The number of furan rings is 1. The van der Waals surface area contributed by atoms with E-state index in [1.165, 1.54) is 0 Å². The van der Waals surface area contributed by atoms with E-state index in [2.05, 4.69) is 6.58 Å². The number of hydrogen-bond donors (Lipinski definition) is 0. The molecule has 3 aromatic rings. The standard InChI is InChI=1S/C19H16O3/c1-13(2)19(20)21-12-14-8-9-16-11-18(22-17(16)10-14)15-6-4-3-5-7-15/h3-11H,1,12H2,2H3. The van der Waals surface area contributed by atoms with Gasteiger partial charge in [-0.15, -0.1) is 0 Å². The van der Waals surface area contributed by atoms with Crippen molar-refractivity contribution in [3.05, 3.63) is 72.3 Å². The molecule has 3 nitrogen and oxygen atoms in total. The molecule has 3 heteroatoms. The molecule has 0 N–H and O–H groups in total. The zero-order valence-electron chi connectivity index (χ0n) is 12.3. The van der Waals surface area contributed by atoms with E-state index in [1.807, 2.05) is 54.6 Å². The Morgan fingerprint density at radius 1 is 1.14 bits per heavy atom. The molecule has 0 atom stereocenters. The first kappa shape index (κ1) is 14.1. The van der Waals surface area contributed by atoms with Crippen LogP contribution in [0, 0.1) is 0 Å². The van der Waals surface area contributed by atoms with Gasteiger partial charge in [-0.1, -0.05) is 49.0 Å². The second kappa shape index (κ2) is 5.90. The lowest BCUT2D eigenvalue weighted by Crippen LogP contribution is -2.04. The van der Waals surface area contributed by atoms with E-state index in [-0.39, 0.29) is 12.6 Å². The zero-order valence-corrected chi connectivity index (χ0v) is 12.3. The van der Waals surface area contributed by atoms with E-state index in [0.29, 0.717) is 5.57 Å². The van der Waals surface area contributed by atoms with Crippen molar-refractivity contribution < 1.29 is 13.9 Å². The van der Waals surface area contributed by atoms with Gasteiger partial charge in [0.1, 0.15) is 18.0 Å². The minimum atomic E-state index is -0.385. The van der Waals surface area contributed by atoms with Crippen molar-refractivity contribution in [2.24, 2.45) is 0 Å². The van der Waals surface area contributed by atoms with Crippen molar-refractivity contribution in [1.82, 2.24) is 0 Å². The van der Waals surface area contributed by atoms with Gasteiger partial charge in [-0.3, -0.25) is 0 Å². The van der Waals surface area contributed by atoms with Crippen LogP contribution in [0.25, 0.3) is 22.3 Å². The number of ether oxygens (including phenoxy) is 1. The molecule has 0 aliphatic carbocycles. The molecule has 0 saturated carbocycles. The Bertz CT molecular complexity index is 828. The lowest BCUT2D eigenvalue weighted by atomic mass is 10.1. The Morgan fingerprint density at radius 2 is 1.91 bits per heavy atom. The van der Waals surface area contributed by atoms with Gasteiger partial charge in [0.15, 0.2) is 0 Å². The first-order chi connectivity index (χ1) is 10.6. The third-order valence-corrected chi connectivity index (χ3v) is 3.36. The molecule has 0 aliphatic rings. The molecule has 2 aromatic carbocycles. The molecule has 0 unspecified atom stereocenters. The summed E-state index contributed by atoms with van der Waals surface area (Å²) in [4.78, 5) is 11.4. The number of fused-ring (bicyclic) bond motifs is 1. The average Bonchev–Trinajstić information content (AvgIpc) is 2.96. The summed E-state index contributed by atoms with van der Waals surface area (Å²) in [5.41, 5.74) is 3.10. The van der Waals surface area contributed by atoms with Crippen LogP contribution in [0.2, 0.25) is 0 Å². The Hall–Kier alpha value is -2.81. The minimum absolute atomic E-state index is 0.211. The van der Waals surface area contributed by atoms with Crippen LogP contribution in [-0.4, -0.2) is 5.97 Å². The smallest absolute Gasteiger partial charge is 0.333 e. The van der Waals surface area contributed by atoms with E-state index < -0.39 is 0 Å². The maximum absolute atomic E-state index is 11.4. The summed E-state index contributed by atoms with van der Waals surface area (Å²) < 4.78 is 11.0. The number of benzene rings is 2. The van der Waals surface area contributed by atoms with E-state index >= 15 is 0 Å². The molecule has 0 spiro atoms. The first-order valence-electron chi connectivity index (χ1n) is 7.04. The average molecular weight is 292 g/mol. The molecule has 0 radical (unpaired) electrons. The highest BCUT2D eigenvalue weighted by Crippen LogP contribution is 2.28. The van der Waals surface area contributed by atoms with Crippen LogP contribution in [0.4, 0.5) is 0 Å². The predicted octanol–water partition coefficient (Wildman–Crippen LogP) is 4.72.